The number of nitrogens with two attached hydrogens (primary N) is 1. The van der Waals surface area contributed by atoms with E-state index in [2.05, 4.69) is 15.5 Å². The van der Waals surface area contributed by atoms with E-state index in [-0.39, 0.29) is 11.8 Å². The number of anilines is 1. The Hall–Kier alpha value is -1.69. The summed E-state index contributed by atoms with van der Waals surface area (Å²) in [4.78, 5) is 10.7. The number of aliphatic hydroxyl groups excluding tert-OH is 1. The average molecular weight is 224 g/mol. The van der Waals surface area contributed by atoms with Gasteiger partial charge in [-0.05, 0) is 31.9 Å². The molecule has 0 fully saturated rings. The van der Waals surface area contributed by atoms with Crippen molar-refractivity contribution in [3.63, 3.8) is 0 Å². The van der Waals surface area contributed by atoms with Gasteiger partial charge in [0.15, 0.2) is 5.69 Å². The fraction of sp³-hybridized carbons (Fsp3) is 0.500. The largest absolute Gasteiger partial charge is 0.393 e. The molecule has 1 aromatic heterocycles. The molecule has 0 saturated carbocycles. The molecule has 0 spiro atoms. The van der Waals surface area contributed by atoms with E-state index in [4.69, 9.17) is 10.8 Å². The fourth-order valence-electron chi connectivity index (χ4n) is 1.17. The molecule has 6 nitrogen and oxygen atoms in total. The third-order valence-corrected chi connectivity index (χ3v) is 2.02. The second kappa shape index (κ2) is 6.02. The molecule has 1 rings (SSSR count). The van der Waals surface area contributed by atoms with Crippen LogP contribution in [0.3, 0.4) is 0 Å². The van der Waals surface area contributed by atoms with E-state index in [9.17, 15) is 4.79 Å². The lowest BCUT2D eigenvalue weighted by molar-refractivity contribution is 0.0994. The molecular formula is C10H16N4O2. The van der Waals surface area contributed by atoms with Crippen LogP contribution in [-0.4, -0.2) is 33.9 Å². The van der Waals surface area contributed by atoms with E-state index in [0.717, 1.165) is 12.8 Å². The Morgan fingerprint density at radius 1 is 1.56 bits per heavy atom. The van der Waals surface area contributed by atoms with Gasteiger partial charge in [-0.1, -0.05) is 0 Å². The summed E-state index contributed by atoms with van der Waals surface area (Å²) < 4.78 is 0. The molecule has 1 aromatic rings. The van der Waals surface area contributed by atoms with E-state index >= 15 is 0 Å². The first-order valence-electron chi connectivity index (χ1n) is 5.15. The first kappa shape index (κ1) is 12.4. The van der Waals surface area contributed by atoms with Crippen LogP contribution in [0.4, 0.5) is 5.82 Å². The van der Waals surface area contributed by atoms with Crippen LogP contribution in [0.2, 0.25) is 0 Å². The Balaban J connectivity index is 2.35. The fourth-order valence-corrected chi connectivity index (χ4v) is 1.17. The van der Waals surface area contributed by atoms with Gasteiger partial charge < -0.3 is 16.2 Å². The van der Waals surface area contributed by atoms with E-state index in [1.807, 2.05) is 0 Å². The van der Waals surface area contributed by atoms with Gasteiger partial charge in [-0.2, -0.15) is 0 Å². The number of amides is 1. The maximum Gasteiger partial charge on any atom is 0.269 e. The van der Waals surface area contributed by atoms with Crippen LogP contribution in [0, 0.1) is 0 Å². The predicted molar refractivity (Wildman–Crippen MR) is 60.0 cm³/mol. The first-order chi connectivity index (χ1) is 7.59. The molecule has 0 saturated heterocycles. The number of carbonyl (C=O) groups is 1. The molecule has 1 unspecified atom stereocenters. The van der Waals surface area contributed by atoms with Crippen molar-refractivity contribution < 1.29 is 9.90 Å². The molecule has 0 aliphatic carbocycles. The summed E-state index contributed by atoms with van der Waals surface area (Å²) in [5.74, 6) is 0.00347. The molecule has 6 heteroatoms. The maximum absolute atomic E-state index is 10.7. The number of aromatic nitrogens is 2. The molecule has 1 amide bonds. The van der Waals surface area contributed by atoms with Gasteiger partial charge in [0.05, 0.1) is 6.10 Å². The van der Waals surface area contributed by atoms with Gasteiger partial charge >= 0.3 is 0 Å². The van der Waals surface area contributed by atoms with Gasteiger partial charge in [0, 0.05) is 6.54 Å². The van der Waals surface area contributed by atoms with Gasteiger partial charge in [-0.15, -0.1) is 10.2 Å². The lowest BCUT2D eigenvalue weighted by Gasteiger charge is -2.06. The lowest BCUT2D eigenvalue weighted by atomic mass is 10.2. The van der Waals surface area contributed by atoms with Crippen LogP contribution in [-0.2, 0) is 0 Å². The van der Waals surface area contributed by atoms with Crippen LogP contribution in [0.15, 0.2) is 12.1 Å². The smallest absolute Gasteiger partial charge is 0.269 e. The maximum atomic E-state index is 10.7. The Labute approximate surface area is 93.9 Å². The number of carbonyl (C=O) groups excluding carboxylic acids is 1. The summed E-state index contributed by atoms with van der Waals surface area (Å²) in [5, 5.41) is 19.5. The lowest BCUT2D eigenvalue weighted by Crippen LogP contribution is -2.14. The van der Waals surface area contributed by atoms with Gasteiger partial charge in [0.2, 0.25) is 0 Å². The molecule has 0 aliphatic heterocycles. The summed E-state index contributed by atoms with van der Waals surface area (Å²) in [6, 6.07) is 3.17. The molecule has 1 heterocycles. The summed E-state index contributed by atoms with van der Waals surface area (Å²) in [5.41, 5.74) is 5.18. The summed E-state index contributed by atoms with van der Waals surface area (Å²) in [7, 11) is 0. The standard InChI is InChI=1S/C10H16N4O2/c1-7(15)3-2-6-12-9-5-4-8(10(11)16)13-14-9/h4-5,7,15H,2-3,6H2,1H3,(H2,11,16)(H,12,14). The third kappa shape index (κ3) is 4.22. The summed E-state index contributed by atoms with van der Waals surface area (Å²) in [6.45, 7) is 2.46. The van der Waals surface area contributed by atoms with Crippen molar-refractivity contribution in [2.24, 2.45) is 5.73 Å². The highest BCUT2D eigenvalue weighted by Gasteiger charge is 2.02. The number of nitrogens with one attached hydrogen (secondary N) is 1. The Morgan fingerprint density at radius 2 is 2.31 bits per heavy atom. The molecule has 1 atom stereocenters. The highest BCUT2D eigenvalue weighted by Crippen LogP contribution is 2.02. The summed E-state index contributed by atoms with van der Waals surface area (Å²) in [6.07, 6.45) is 1.29. The Morgan fingerprint density at radius 3 is 2.81 bits per heavy atom. The normalized spacial score (nSPS) is 12.1. The van der Waals surface area contributed by atoms with Crippen molar-refractivity contribution in [1.82, 2.24) is 10.2 Å². The second-order valence-corrected chi connectivity index (χ2v) is 3.59. The van der Waals surface area contributed by atoms with Gasteiger partial charge in [-0.25, -0.2) is 0 Å². The quantitative estimate of drug-likeness (QED) is 0.597. The number of nitrogens with zero attached hydrogens (tertiary/aromatic N) is 2. The van der Waals surface area contributed by atoms with Crippen molar-refractivity contribution in [2.45, 2.75) is 25.9 Å². The van der Waals surface area contributed by atoms with Crippen LogP contribution in [0.1, 0.15) is 30.3 Å². The highest BCUT2D eigenvalue weighted by atomic mass is 16.3. The van der Waals surface area contributed by atoms with E-state index in [1.165, 1.54) is 6.07 Å². The number of hydrogen-bond donors (Lipinski definition) is 3. The van der Waals surface area contributed by atoms with Crippen LogP contribution in [0.5, 0.6) is 0 Å². The minimum atomic E-state index is -0.590. The highest BCUT2D eigenvalue weighted by molar-refractivity contribution is 5.90. The van der Waals surface area contributed by atoms with E-state index in [0.29, 0.717) is 12.4 Å². The zero-order valence-electron chi connectivity index (χ0n) is 9.18. The van der Waals surface area contributed by atoms with E-state index in [1.54, 1.807) is 13.0 Å². The van der Waals surface area contributed by atoms with Crippen molar-refractivity contribution in [1.29, 1.82) is 0 Å². The van der Waals surface area contributed by atoms with Crippen LogP contribution in [0.25, 0.3) is 0 Å². The Kier molecular flexibility index (Phi) is 4.65. The van der Waals surface area contributed by atoms with Crippen molar-refractivity contribution >= 4 is 11.7 Å². The van der Waals surface area contributed by atoms with Gasteiger partial charge in [0.1, 0.15) is 5.82 Å². The number of hydrogen-bond acceptors (Lipinski definition) is 5. The van der Waals surface area contributed by atoms with Crippen molar-refractivity contribution in [3.05, 3.63) is 17.8 Å². The van der Waals surface area contributed by atoms with Crippen molar-refractivity contribution in [3.8, 4) is 0 Å². The molecular weight excluding hydrogens is 208 g/mol. The predicted octanol–water partition coefficient (Wildman–Crippen LogP) is 0.148. The molecule has 0 radical (unpaired) electrons. The number of aliphatic hydroxyl groups is 1. The topological polar surface area (TPSA) is 101 Å². The number of primary amides is 1. The zero-order chi connectivity index (χ0) is 12.0. The monoisotopic (exact) mass is 224 g/mol. The molecule has 4 N–H and O–H groups in total. The first-order valence-corrected chi connectivity index (χ1v) is 5.15. The van der Waals surface area contributed by atoms with Gasteiger partial charge in [0.25, 0.3) is 5.91 Å². The molecule has 88 valence electrons. The molecule has 16 heavy (non-hydrogen) atoms. The SMILES string of the molecule is CC(O)CCCNc1ccc(C(N)=O)nn1. The summed E-state index contributed by atoms with van der Waals surface area (Å²) >= 11 is 0. The van der Waals surface area contributed by atoms with Crippen molar-refractivity contribution in [2.75, 3.05) is 11.9 Å². The van der Waals surface area contributed by atoms with E-state index < -0.39 is 5.91 Å². The molecule has 0 aliphatic rings. The minimum Gasteiger partial charge on any atom is -0.393 e. The molecule has 0 bridgehead atoms. The third-order valence-electron chi connectivity index (χ3n) is 2.02. The van der Waals surface area contributed by atoms with Crippen LogP contribution >= 0.6 is 0 Å². The molecule has 0 aromatic carbocycles. The average Bonchev–Trinajstić information content (AvgIpc) is 2.25. The zero-order valence-corrected chi connectivity index (χ0v) is 9.18. The number of rotatable bonds is 6. The Bertz CT molecular complexity index is 337. The van der Waals surface area contributed by atoms with Crippen LogP contribution < -0.4 is 11.1 Å². The van der Waals surface area contributed by atoms with Gasteiger partial charge in [-0.3, -0.25) is 4.79 Å². The second-order valence-electron chi connectivity index (χ2n) is 3.59. The minimum absolute atomic E-state index is 0.148.